The van der Waals surface area contributed by atoms with Crippen LogP contribution in [0.2, 0.25) is 0 Å². The molecule has 0 aliphatic heterocycles. The Kier molecular flexibility index (Phi) is 3.09. The van der Waals surface area contributed by atoms with Crippen molar-refractivity contribution in [3.8, 4) is 0 Å². The second-order valence-electron chi connectivity index (χ2n) is 4.79. The van der Waals surface area contributed by atoms with Gasteiger partial charge in [0.1, 0.15) is 0 Å². The summed E-state index contributed by atoms with van der Waals surface area (Å²) < 4.78 is 2.34. The summed E-state index contributed by atoms with van der Waals surface area (Å²) in [7, 11) is 0. The van der Waals surface area contributed by atoms with Gasteiger partial charge < -0.3 is 5.32 Å². The Morgan fingerprint density at radius 2 is 2.29 bits per heavy atom. The molecule has 0 saturated heterocycles. The first-order valence-electron chi connectivity index (χ1n) is 6.05. The lowest BCUT2D eigenvalue weighted by molar-refractivity contribution is 0.556. The summed E-state index contributed by atoms with van der Waals surface area (Å²) in [5, 5.41) is 4.66. The molecule has 2 aromatic rings. The fourth-order valence-corrected chi connectivity index (χ4v) is 3.74. The van der Waals surface area contributed by atoms with Gasteiger partial charge in [-0.2, -0.15) is 0 Å². The Balaban J connectivity index is 1.85. The lowest BCUT2D eigenvalue weighted by Crippen LogP contribution is -2.21. The molecule has 0 bridgehead atoms. The van der Waals surface area contributed by atoms with Crippen molar-refractivity contribution >= 4 is 42.6 Å². The van der Waals surface area contributed by atoms with Gasteiger partial charge in [0.15, 0.2) is 5.13 Å². The van der Waals surface area contributed by atoms with Crippen LogP contribution < -0.4 is 5.32 Å². The van der Waals surface area contributed by atoms with Crippen molar-refractivity contribution in [1.29, 1.82) is 0 Å². The summed E-state index contributed by atoms with van der Waals surface area (Å²) in [6.45, 7) is 2.33. The summed E-state index contributed by atoms with van der Waals surface area (Å²) in [5.74, 6) is 0.772. The quantitative estimate of drug-likeness (QED) is 0.872. The topological polar surface area (TPSA) is 24.9 Å². The second-order valence-corrected chi connectivity index (χ2v) is 6.74. The minimum Gasteiger partial charge on any atom is -0.358 e. The van der Waals surface area contributed by atoms with Gasteiger partial charge in [-0.15, -0.1) is 0 Å². The Labute approximate surface area is 114 Å². The van der Waals surface area contributed by atoms with Crippen LogP contribution in [0, 0.1) is 5.92 Å². The Bertz CT molecular complexity index is 537. The van der Waals surface area contributed by atoms with Crippen LogP contribution in [0.3, 0.4) is 0 Å². The standard InChI is InChI=1S/C13H15BrN2S/c1-8-3-2-4-10(8)15-13-16-11-7-9(14)5-6-12(11)17-13/h5-8,10H,2-4H2,1H3,(H,15,16). The van der Waals surface area contributed by atoms with Crippen LogP contribution >= 0.6 is 27.3 Å². The first-order valence-corrected chi connectivity index (χ1v) is 7.66. The predicted molar refractivity (Wildman–Crippen MR) is 77.7 cm³/mol. The molecule has 2 atom stereocenters. The third kappa shape index (κ3) is 2.33. The van der Waals surface area contributed by atoms with E-state index in [0.717, 1.165) is 21.0 Å². The lowest BCUT2D eigenvalue weighted by atomic mass is 10.1. The summed E-state index contributed by atoms with van der Waals surface area (Å²) in [6, 6.07) is 6.89. The van der Waals surface area contributed by atoms with E-state index >= 15 is 0 Å². The summed E-state index contributed by atoms with van der Waals surface area (Å²) >= 11 is 5.24. The molecule has 0 spiro atoms. The molecule has 1 fully saturated rings. The smallest absolute Gasteiger partial charge is 0.184 e. The van der Waals surface area contributed by atoms with Crippen LogP contribution in [0.5, 0.6) is 0 Å². The number of hydrogen-bond donors (Lipinski definition) is 1. The molecule has 1 N–H and O–H groups in total. The molecule has 1 aromatic carbocycles. The highest BCUT2D eigenvalue weighted by Gasteiger charge is 2.23. The molecule has 90 valence electrons. The van der Waals surface area contributed by atoms with Crippen LogP contribution in [0.4, 0.5) is 5.13 Å². The predicted octanol–water partition coefficient (Wildman–Crippen LogP) is 4.66. The lowest BCUT2D eigenvalue weighted by Gasteiger charge is -2.15. The molecule has 1 aliphatic carbocycles. The van der Waals surface area contributed by atoms with E-state index in [1.165, 1.54) is 24.0 Å². The summed E-state index contributed by atoms with van der Waals surface area (Å²) in [6.07, 6.45) is 3.96. The van der Waals surface area contributed by atoms with Gasteiger partial charge in [-0.3, -0.25) is 0 Å². The van der Waals surface area contributed by atoms with E-state index < -0.39 is 0 Å². The zero-order chi connectivity index (χ0) is 11.8. The van der Waals surface area contributed by atoms with Gasteiger partial charge >= 0.3 is 0 Å². The largest absolute Gasteiger partial charge is 0.358 e. The monoisotopic (exact) mass is 310 g/mol. The summed E-state index contributed by atoms with van der Waals surface area (Å²) in [5.41, 5.74) is 1.08. The van der Waals surface area contributed by atoms with Gasteiger partial charge in [0, 0.05) is 10.5 Å². The highest BCUT2D eigenvalue weighted by molar-refractivity contribution is 9.10. The minimum absolute atomic E-state index is 0.610. The maximum atomic E-state index is 4.65. The SMILES string of the molecule is CC1CCCC1Nc1nc2cc(Br)ccc2s1. The van der Waals surface area contributed by atoms with Crippen molar-refractivity contribution in [1.82, 2.24) is 4.98 Å². The van der Waals surface area contributed by atoms with E-state index in [2.05, 4.69) is 51.4 Å². The average molecular weight is 311 g/mol. The molecule has 1 heterocycles. The van der Waals surface area contributed by atoms with E-state index in [-0.39, 0.29) is 0 Å². The van der Waals surface area contributed by atoms with Gasteiger partial charge in [-0.05, 0) is 37.0 Å². The van der Waals surface area contributed by atoms with E-state index in [9.17, 15) is 0 Å². The van der Waals surface area contributed by atoms with Crippen molar-refractivity contribution in [2.75, 3.05) is 5.32 Å². The molecule has 3 rings (SSSR count). The Hall–Kier alpha value is -0.610. The normalized spacial score (nSPS) is 24.4. The molecule has 17 heavy (non-hydrogen) atoms. The molecule has 4 heteroatoms. The van der Waals surface area contributed by atoms with E-state index in [1.54, 1.807) is 11.3 Å². The van der Waals surface area contributed by atoms with Crippen molar-refractivity contribution in [2.24, 2.45) is 5.92 Å². The first-order chi connectivity index (χ1) is 8.22. The van der Waals surface area contributed by atoms with Gasteiger partial charge in [0.05, 0.1) is 10.2 Å². The van der Waals surface area contributed by atoms with Gasteiger partial charge in [0.25, 0.3) is 0 Å². The van der Waals surface area contributed by atoms with Crippen LogP contribution in [0.1, 0.15) is 26.2 Å². The number of nitrogens with one attached hydrogen (secondary N) is 1. The van der Waals surface area contributed by atoms with Crippen molar-refractivity contribution in [2.45, 2.75) is 32.2 Å². The van der Waals surface area contributed by atoms with E-state index in [0.29, 0.717) is 6.04 Å². The zero-order valence-electron chi connectivity index (χ0n) is 9.74. The highest BCUT2D eigenvalue weighted by atomic mass is 79.9. The number of thiazole rings is 1. The number of anilines is 1. The zero-order valence-corrected chi connectivity index (χ0v) is 12.1. The molecule has 2 unspecified atom stereocenters. The highest BCUT2D eigenvalue weighted by Crippen LogP contribution is 2.32. The molecule has 1 aliphatic rings. The Morgan fingerprint density at radius 1 is 1.41 bits per heavy atom. The Morgan fingerprint density at radius 3 is 3.06 bits per heavy atom. The van der Waals surface area contributed by atoms with Crippen LogP contribution in [-0.2, 0) is 0 Å². The first kappa shape index (κ1) is 11.5. The molecular formula is C13H15BrN2S. The molecule has 1 saturated carbocycles. The number of nitrogens with zero attached hydrogens (tertiary/aromatic N) is 1. The van der Waals surface area contributed by atoms with E-state index in [4.69, 9.17) is 0 Å². The third-order valence-electron chi connectivity index (χ3n) is 3.52. The molecule has 0 amide bonds. The van der Waals surface area contributed by atoms with E-state index in [1.807, 2.05) is 0 Å². The maximum Gasteiger partial charge on any atom is 0.184 e. The van der Waals surface area contributed by atoms with Gasteiger partial charge in [-0.1, -0.05) is 40.6 Å². The number of aromatic nitrogens is 1. The maximum absolute atomic E-state index is 4.65. The van der Waals surface area contributed by atoms with Crippen LogP contribution in [0.25, 0.3) is 10.2 Å². The molecule has 1 aromatic heterocycles. The van der Waals surface area contributed by atoms with Gasteiger partial charge in [0.2, 0.25) is 0 Å². The van der Waals surface area contributed by atoms with Gasteiger partial charge in [-0.25, -0.2) is 4.98 Å². The second kappa shape index (κ2) is 4.58. The molecule has 0 radical (unpaired) electrons. The van der Waals surface area contributed by atoms with Crippen molar-refractivity contribution < 1.29 is 0 Å². The fraction of sp³-hybridized carbons (Fsp3) is 0.462. The number of fused-ring (bicyclic) bond motifs is 1. The summed E-state index contributed by atoms with van der Waals surface area (Å²) in [4.78, 5) is 4.65. The number of hydrogen-bond acceptors (Lipinski definition) is 3. The van der Waals surface area contributed by atoms with Crippen molar-refractivity contribution in [3.05, 3.63) is 22.7 Å². The average Bonchev–Trinajstić information content (AvgIpc) is 2.85. The van der Waals surface area contributed by atoms with Crippen molar-refractivity contribution in [3.63, 3.8) is 0 Å². The fourth-order valence-electron chi connectivity index (χ4n) is 2.48. The number of halogens is 1. The van der Waals surface area contributed by atoms with Crippen LogP contribution in [0.15, 0.2) is 22.7 Å². The van der Waals surface area contributed by atoms with Crippen LogP contribution in [-0.4, -0.2) is 11.0 Å². The number of benzene rings is 1. The third-order valence-corrected chi connectivity index (χ3v) is 4.98. The molecule has 2 nitrogen and oxygen atoms in total. The minimum atomic E-state index is 0.610. The molecular weight excluding hydrogens is 296 g/mol. The number of rotatable bonds is 2.